The number of rotatable bonds is 2. The zero-order chi connectivity index (χ0) is 7.73. The van der Waals surface area contributed by atoms with Gasteiger partial charge in [0.1, 0.15) is 0 Å². The molecule has 1 saturated heterocycles. The Bertz CT molecular complexity index is 132. The van der Waals surface area contributed by atoms with Crippen LogP contribution in [-0.4, -0.2) is 36.2 Å². The summed E-state index contributed by atoms with van der Waals surface area (Å²) >= 11 is 0. The Morgan fingerprint density at radius 3 is 2.18 bits per heavy atom. The molecular weight excluding hydrogens is 138 g/mol. The number of hydrogen-bond donors (Lipinski definition) is 1. The number of hydrogen-bond acceptors (Lipinski definition) is 2. The lowest BCUT2D eigenvalue weighted by molar-refractivity contribution is 0.140. The van der Waals surface area contributed by atoms with E-state index in [1.54, 1.807) is 0 Å². The molecule has 0 bridgehead atoms. The lowest BCUT2D eigenvalue weighted by Gasteiger charge is -2.31. The average Bonchev–Trinajstić information content (AvgIpc) is 2.76. The molecule has 64 valence electrons. The molecule has 2 heteroatoms. The van der Waals surface area contributed by atoms with E-state index in [-0.39, 0.29) is 0 Å². The van der Waals surface area contributed by atoms with E-state index in [2.05, 4.69) is 4.90 Å². The van der Waals surface area contributed by atoms with Crippen LogP contribution in [0.4, 0.5) is 0 Å². The van der Waals surface area contributed by atoms with E-state index in [9.17, 15) is 0 Å². The van der Waals surface area contributed by atoms with Crippen LogP contribution in [0.2, 0.25) is 0 Å². The molecule has 11 heavy (non-hydrogen) atoms. The van der Waals surface area contributed by atoms with Gasteiger partial charge in [0, 0.05) is 6.54 Å². The van der Waals surface area contributed by atoms with Crippen molar-refractivity contribution in [3.05, 3.63) is 0 Å². The minimum absolute atomic E-state index is 0.326. The quantitative estimate of drug-likeness (QED) is 0.639. The topological polar surface area (TPSA) is 23.5 Å². The number of β-amino-alcohol motifs (C(OH)–C–C–N with tert-alkyl or cyclic N) is 1. The van der Waals surface area contributed by atoms with Crippen molar-refractivity contribution in [2.24, 2.45) is 5.41 Å². The van der Waals surface area contributed by atoms with Gasteiger partial charge in [0.2, 0.25) is 0 Å². The van der Waals surface area contributed by atoms with E-state index in [1.807, 2.05) is 0 Å². The van der Waals surface area contributed by atoms with Crippen LogP contribution in [0.15, 0.2) is 0 Å². The molecule has 2 rings (SSSR count). The van der Waals surface area contributed by atoms with Gasteiger partial charge in [-0.2, -0.15) is 0 Å². The fourth-order valence-corrected chi connectivity index (χ4v) is 2.07. The summed E-state index contributed by atoms with van der Waals surface area (Å²) in [5.41, 5.74) is 0.784. The monoisotopic (exact) mass is 155 g/mol. The van der Waals surface area contributed by atoms with Gasteiger partial charge in [0.05, 0.1) is 6.61 Å². The molecule has 0 amide bonds. The van der Waals surface area contributed by atoms with Gasteiger partial charge >= 0.3 is 0 Å². The molecule has 0 aromatic carbocycles. The standard InChI is InChI=1S/C9H17NO/c11-8-7-10-5-3-9(1-2-9)4-6-10/h11H,1-8H2. The van der Waals surface area contributed by atoms with Crippen LogP contribution in [0.3, 0.4) is 0 Å². The molecule has 1 heterocycles. The molecule has 0 atom stereocenters. The zero-order valence-corrected chi connectivity index (χ0v) is 7.05. The van der Waals surface area contributed by atoms with Crippen LogP contribution in [0.25, 0.3) is 0 Å². The highest BCUT2D eigenvalue weighted by Gasteiger charge is 2.44. The highest BCUT2D eigenvalue weighted by Crippen LogP contribution is 2.53. The normalized spacial score (nSPS) is 29.2. The summed E-state index contributed by atoms with van der Waals surface area (Å²) in [6.45, 7) is 3.66. The molecule has 1 spiro atoms. The second kappa shape index (κ2) is 2.76. The number of aliphatic hydroxyl groups is 1. The summed E-state index contributed by atoms with van der Waals surface area (Å²) in [4.78, 5) is 2.38. The van der Waals surface area contributed by atoms with Crippen molar-refractivity contribution >= 4 is 0 Å². The number of aliphatic hydroxyl groups excluding tert-OH is 1. The van der Waals surface area contributed by atoms with Crippen LogP contribution < -0.4 is 0 Å². The molecule has 0 aromatic rings. The Labute approximate surface area is 68.2 Å². The largest absolute Gasteiger partial charge is 0.395 e. The zero-order valence-electron chi connectivity index (χ0n) is 7.05. The highest BCUT2D eigenvalue weighted by molar-refractivity contribution is 4.96. The molecule has 1 saturated carbocycles. The third-order valence-electron chi connectivity index (χ3n) is 3.29. The summed E-state index contributed by atoms with van der Waals surface area (Å²) in [6, 6.07) is 0. The minimum atomic E-state index is 0.326. The second-order valence-corrected chi connectivity index (χ2v) is 4.07. The number of likely N-dealkylation sites (tertiary alicyclic amines) is 1. The Morgan fingerprint density at radius 2 is 1.73 bits per heavy atom. The average molecular weight is 155 g/mol. The van der Waals surface area contributed by atoms with Crippen LogP contribution in [0.1, 0.15) is 25.7 Å². The molecule has 1 N–H and O–H groups in total. The molecule has 2 nitrogen and oxygen atoms in total. The first-order valence-corrected chi connectivity index (χ1v) is 4.68. The maximum atomic E-state index is 8.72. The van der Waals surface area contributed by atoms with Crippen molar-refractivity contribution in [2.75, 3.05) is 26.2 Å². The van der Waals surface area contributed by atoms with Gasteiger partial charge in [-0.05, 0) is 44.2 Å². The highest BCUT2D eigenvalue weighted by atomic mass is 16.3. The molecule has 2 aliphatic rings. The van der Waals surface area contributed by atoms with Crippen molar-refractivity contribution in [3.63, 3.8) is 0 Å². The summed E-state index contributed by atoms with van der Waals surface area (Å²) in [6.07, 6.45) is 5.71. The summed E-state index contributed by atoms with van der Waals surface area (Å²) in [7, 11) is 0. The molecular formula is C9H17NO. The van der Waals surface area contributed by atoms with E-state index in [0.717, 1.165) is 12.0 Å². The van der Waals surface area contributed by atoms with E-state index in [0.29, 0.717) is 6.61 Å². The van der Waals surface area contributed by atoms with E-state index in [1.165, 1.54) is 38.8 Å². The van der Waals surface area contributed by atoms with Crippen molar-refractivity contribution in [2.45, 2.75) is 25.7 Å². The Morgan fingerprint density at radius 1 is 1.09 bits per heavy atom. The van der Waals surface area contributed by atoms with Crippen molar-refractivity contribution < 1.29 is 5.11 Å². The van der Waals surface area contributed by atoms with Crippen LogP contribution in [0.5, 0.6) is 0 Å². The first kappa shape index (κ1) is 7.56. The minimum Gasteiger partial charge on any atom is -0.395 e. The Hall–Kier alpha value is -0.0800. The summed E-state index contributed by atoms with van der Waals surface area (Å²) in [5, 5.41) is 8.72. The first-order valence-electron chi connectivity index (χ1n) is 4.68. The lowest BCUT2D eigenvalue weighted by atomic mass is 9.94. The van der Waals surface area contributed by atoms with Crippen LogP contribution in [-0.2, 0) is 0 Å². The number of nitrogens with zero attached hydrogens (tertiary/aromatic N) is 1. The second-order valence-electron chi connectivity index (χ2n) is 4.07. The van der Waals surface area contributed by atoms with Gasteiger partial charge in [-0.25, -0.2) is 0 Å². The Kier molecular flexibility index (Phi) is 1.90. The van der Waals surface area contributed by atoms with Gasteiger partial charge < -0.3 is 10.0 Å². The van der Waals surface area contributed by atoms with Crippen LogP contribution >= 0.6 is 0 Å². The molecule has 0 unspecified atom stereocenters. The van der Waals surface area contributed by atoms with Crippen LogP contribution in [0, 0.1) is 5.41 Å². The van der Waals surface area contributed by atoms with E-state index >= 15 is 0 Å². The first-order chi connectivity index (χ1) is 5.35. The maximum absolute atomic E-state index is 8.72. The lowest BCUT2D eigenvalue weighted by Crippen LogP contribution is -2.36. The number of piperidine rings is 1. The Balaban J connectivity index is 1.75. The maximum Gasteiger partial charge on any atom is 0.0558 e. The van der Waals surface area contributed by atoms with Crippen molar-refractivity contribution in [1.82, 2.24) is 4.90 Å². The smallest absolute Gasteiger partial charge is 0.0558 e. The molecule has 1 aliphatic carbocycles. The molecule has 2 fully saturated rings. The summed E-state index contributed by atoms with van der Waals surface area (Å²) < 4.78 is 0. The van der Waals surface area contributed by atoms with Crippen molar-refractivity contribution in [3.8, 4) is 0 Å². The van der Waals surface area contributed by atoms with E-state index in [4.69, 9.17) is 5.11 Å². The predicted molar refractivity (Wildman–Crippen MR) is 44.4 cm³/mol. The molecule has 0 aromatic heterocycles. The van der Waals surface area contributed by atoms with Gasteiger partial charge in [-0.3, -0.25) is 0 Å². The predicted octanol–water partition coefficient (Wildman–Crippen LogP) is 0.855. The van der Waals surface area contributed by atoms with Crippen molar-refractivity contribution in [1.29, 1.82) is 0 Å². The fraction of sp³-hybridized carbons (Fsp3) is 1.00. The fourth-order valence-electron chi connectivity index (χ4n) is 2.07. The molecule has 0 radical (unpaired) electrons. The SMILES string of the molecule is OCCN1CCC2(CC1)CC2. The third kappa shape index (κ3) is 1.57. The summed E-state index contributed by atoms with van der Waals surface area (Å²) in [5.74, 6) is 0. The van der Waals surface area contributed by atoms with Gasteiger partial charge in [-0.15, -0.1) is 0 Å². The van der Waals surface area contributed by atoms with Gasteiger partial charge in [0.25, 0.3) is 0 Å². The van der Waals surface area contributed by atoms with Gasteiger partial charge in [0.15, 0.2) is 0 Å². The third-order valence-corrected chi connectivity index (χ3v) is 3.29. The van der Waals surface area contributed by atoms with Gasteiger partial charge in [-0.1, -0.05) is 0 Å². The van der Waals surface area contributed by atoms with E-state index < -0.39 is 0 Å². The molecule has 1 aliphatic heterocycles.